The van der Waals surface area contributed by atoms with Crippen molar-refractivity contribution in [3.8, 4) is 0 Å². The molecule has 6 nitrogen and oxygen atoms in total. The lowest BCUT2D eigenvalue weighted by Gasteiger charge is -2.34. The standard InChI is InChI=1S/C19H34N2O4/c1-2-3-12-25-19(24)21-17-10-6-15(7-11-17)13-14-4-8-16(9-5-14)20-18(22)23/h14-17,20H,2-13H2,1H3,(H,21,24)(H,22,23). The molecule has 0 spiro atoms. The first kappa shape index (κ1) is 19.9. The van der Waals surface area contributed by atoms with Crippen LogP contribution >= 0.6 is 0 Å². The molecule has 6 heteroatoms. The molecule has 0 heterocycles. The van der Waals surface area contributed by atoms with E-state index in [-0.39, 0.29) is 18.2 Å². The summed E-state index contributed by atoms with van der Waals surface area (Å²) in [5.41, 5.74) is 0. The Bertz CT molecular complexity index is 414. The van der Waals surface area contributed by atoms with Crippen LogP contribution in [0.5, 0.6) is 0 Å². The Balaban J connectivity index is 1.58. The van der Waals surface area contributed by atoms with Crippen molar-refractivity contribution in [2.75, 3.05) is 6.61 Å². The number of carbonyl (C=O) groups is 2. The molecule has 2 fully saturated rings. The molecular weight excluding hydrogens is 320 g/mol. The van der Waals surface area contributed by atoms with Crippen molar-refractivity contribution >= 4 is 12.2 Å². The maximum atomic E-state index is 11.7. The molecule has 0 bridgehead atoms. The van der Waals surface area contributed by atoms with Gasteiger partial charge in [-0.25, -0.2) is 9.59 Å². The van der Waals surface area contributed by atoms with Crippen LogP contribution in [0.4, 0.5) is 9.59 Å². The number of amides is 2. The van der Waals surface area contributed by atoms with E-state index in [1.807, 2.05) is 0 Å². The van der Waals surface area contributed by atoms with E-state index in [2.05, 4.69) is 17.6 Å². The lowest BCUT2D eigenvalue weighted by atomic mass is 9.76. The summed E-state index contributed by atoms with van der Waals surface area (Å²) < 4.78 is 5.17. The quantitative estimate of drug-likeness (QED) is 0.595. The molecule has 3 N–H and O–H groups in total. The molecule has 2 saturated carbocycles. The van der Waals surface area contributed by atoms with Gasteiger partial charge >= 0.3 is 12.2 Å². The average molecular weight is 354 g/mol. The van der Waals surface area contributed by atoms with Crippen molar-refractivity contribution in [1.29, 1.82) is 0 Å². The summed E-state index contributed by atoms with van der Waals surface area (Å²) in [7, 11) is 0. The predicted octanol–water partition coefficient (Wildman–Crippen LogP) is 4.29. The van der Waals surface area contributed by atoms with E-state index in [0.717, 1.165) is 63.2 Å². The van der Waals surface area contributed by atoms with E-state index in [1.165, 1.54) is 19.3 Å². The fourth-order valence-corrected chi connectivity index (χ4v) is 4.25. The largest absolute Gasteiger partial charge is 0.465 e. The van der Waals surface area contributed by atoms with Gasteiger partial charge < -0.3 is 20.5 Å². The third-order valence-electron chi connectivity index (χ3n) is 5.74. The van der Waals surface area contributed by atoms with Gasteiger partial charge in [0.1, 0.15) is 0 Å². The van der Waals surface area contributed by atoms with Crippen LogP contribution in [-0.4, -0.2) is 36.0 Å². The molecule has 25 heavy (non-hydrogen) atoms. The van der Waals surface area contributed by atoms with Crippen LogP contribution in [0, 0.1) is 11.8 Å². The molecule has 0 radical (unpaired) electrons. The van der Waals surface area contributed by atoms with Gasteiger partial charge in [0.15, 0.2) is 0 Å². The zero-order chi connectivity index (χ0) is 18.1. The Morgan fingerprint density at radius 2 is 1.44 bits per heavy atom. The lowest BCUT2D eigenvalue weighted by Crippen LogP contribution is -2.39. The topological polar surface area (TPSA) is 87.7 Å². The zero-order valence-corrected chi connectivity index (χ0v) is 15.5. The number of carboxylic acid groups (broad SMARTS) is 1. The number of alkyl carbamates (subject to hydrolysis) is 1. The van der Waals surface area contributed by atoms with Crippen LogP contribution in [-0.2, 0) is 4.74 Å². The summed E-state index contributed by atoms with van der Waals surface area (Å²) in [4.78, 5) is 22.4. The molecule has 2 rings (SSSR count). The summed E-state index contributed by atoms with van der Waals surface area (Å²) in [6.07, 6.45) is 10.7. The van der Waals surface area contributed by atoms with Crippen molar-refractivity contribution < 1.29 is 19.4 Å². The van der Waals surface area contributed by atoms with Gasteiger partial charge in [0.25, 0.3) is 0 Å². The van der Waals surface area contributed by atoms with Gasteiger partial charge in [-0.05, 0) is 76.0 Å². The van der Waals surface area contributed by atoms with Gasteiger partial charge in [0.2, 0.25) is 0 Å². The summed E-state index contributed by atoms with van der Waals surface area (Å²) >= 11 is 0. The average Bonchev–Trinajstić information content (AvgIpc) is 2.58. The van der Waals surface area contributed by atoms with Gasteiger partial charge in [-0.3, -0.25) is 0 Å². The number of rotatable bonds is 7. The molecular formula is C19H34N2O4. The van der Waals surface area contributed by atoms with Gasteiger partial charge in [-0.2, -0.15) is 0 Å². The first-order chi connectivity index (χ1) is 12.1. The minimum absolute atomic E-state index is 0.146. The van der Waals surface area contributed by atoms with Crippen molar-refractivity contribution in [2.24, 2.45) is 11.8 Å². The first-order valence-electron chi connectivity index (χ1n) is 9.99. The maximum absolute atomic E-state index is 11.7. The van der Waals surface area contributed by atoms with Gasteiger partial charge in [0.05, 0.1) is 6.61 Å². The summed E-state index contributed by atoms with van der Waals surface area (Å²) in [5.74, 6) is 1.49. The normalized spacial score (nSPS) is 29.6. The van der Waals surface area contributed by atoms with Crippen LogP contribution in [0.15, 0.2) is 0 Å². The molecule has 2 aliphatic rings. The second-order valence-corrected chi connectivity index (χ2v) is 7.75. The second-order valence-electron chi connectivity index (χ2n) is 7.75. The van der Waals surface area contributed by atoms with E-state index in [4.69, 9.17) is 9.84 Å². The van der Waals surface area contributed by atoms with Gasteiger partial charge in [-0.1, -0.05) is 13.3 Å². The molecule has 0 aromatic heterocycles. The Labute approximate surface area is 151 Å². The number of carbonyl (C=O) groups excluding carboxylic acids is 1. The molecule has 0 aliphatic heterocycles. The second kappa shape index (κ2) is 10.5. The lowest BCUT2D eigenvalue weighted by molar-refractivity contribution is 0.134. The molecule has 0 aromatic rings. The van der Waals surface area contributed by atoms with E-state index in [9.17, 15) is 9.59 Å². The molecule has 144 valence electrons. The molecule has 0 unspecified atom stereocenters. The number of nitrogens with one attached hydrogen (secondary N) is 2. The third kappa shape index (κ3) is 7.53. The highest BCUT2D eigenvalue weighted by molar-refractivity contribution is 5.67. The number of ether oxygens (including phenoxy) is 1. The fourth-order valence-electron chi connectivity index (χ4n) is 4.25. The number of unbranched alkanes of at least 4 members (excludes halogenated alkanes) is 1. The van der Waals surface area contributed by atoms with Gasteiger partial charge in [-0.15, -0.1) is 0 Å². The van der Waals surface area contributed by atoms with E-state index in [0.29, 0.717) is 6.61 Å². The van der Waals surface area contributed by atoms with Crippen molar-refractivity contribution in [1.82, 2.24) is 10.6 Å². The highest BCUT2D eigenvalue weighted by Gasteiger charge is 2.28. The van der Waals surface area contributed by atoms with E-state index >= 15 is 0 Å². The smallest absolute Gasteiger partial charge is 0.407 e. The Morgan fingerprint density at radius 1 is 0.920 bits per heavy atom. The van der Waals surface area contributed by atoms with Crippen LogP contribution in [0.25, 0.3) is 0 Å². The molecule has 0 saturated heterocycles. The van der Waals surface area contributed by atoms with E-state index < -0.39 is 6.09 Å². The van der Waals surface area contributed by atoms with E-state index in [1.54, 1.807) is 0 Å². The van der Waals surface area contributed by atoms with Crippen molar-refractivity contribution in [3.05, 3.63) is 0 Å². The third-order valence-corrected chi connectivity index (χ3v) is 5.74. The molecule has 2 aliphatic carbocycles. The Morgan fingerprint density at radius 3 is 1.92 bits per heavy atom. The number of hydrogen-bond donors (Lipinski definition) is 3. The van der Waals surface area contributed by atoms with Crippen LogP contribution in [0.3, 0.4) is 0 Å². The Hall–Kier alpha value is -1.46. The molecule has 0 aromatic carbocycles. The summed E-state index contributed by atoms with van der Waals surface area (Å²) in [5, 5.41) is 14.4. The highest BCUT2D eigenvalue weighted by Crippen LogP contribution is 2.35. The minimum atomic E-state index is -0.900. The van der Waals surface area contributed by atoms with Crippen LogP contribution < -0.4 is 10.6 Å². The summed E-state index contributed by atoms with van der Waals surface area (Å²) in [6.45, 7) is 2.59. The number of hydrogen-bond acceptors (Lipinski definition) is 3. The Kier molecular flexibility index (Phi) is 8.35. The maximum Gasteiger partial charge on any atom is 0.407 e. The van der Waals surface area contributed by atoms with Crippen molar-refractivity contribution in [3.63, 3.8) is 0 Å². The monoisotopic (exact) mass is 354 g/mol. The van der Waals surface area contributed by atoms with Crippen molar-refractivity contribution in [2.45, 2.75) is 89.6 Å². The SMILES string of the molecule is CCCCOC(=O)NC1CCC(CC2CCC(NC(=O)O)CC2)CC1. The predicted molar refractivity (Wildman–Crippen MR) is 96.7 cm³/mol. The molecule has 2 amide bonds. The van der Waals surface area contributed by atoms with Gasteiger partial charge in [0, 0.05) is 12.1 Å². The zero-order valence-electron chi connectivity index (χ0n) is 15.5. The van der Waals surface area contributed by atoms with Crippen LogP contribution in [0.2, 0.25) is 0 Å². The fraction of sp³-hybridized carbons (Fsp3) is 0.895. The van der Waals surface area contributed by atoms with Crippen LogP contribution in [0.1, 0.15) is 77.6 Å². The first-order valence-corrected chi connectivity index (χ1v) is 9.99. The highest BCUT2D eigenvalue weighted by atomic mass is 16.5. The minimum Gasteiger partial charge on any atom is -0.465 e. The summed E-state index contributed by atoms with van der Waals surface area (Å²) in [6, 6.07) is 0.410. The molecule has 0 atom stereocenters.